The minimum Gasteiger partial charge on any atom is -0.382 e. The molecule has 0 saturated heterocycles. The second-order valence-corrected chi connectivity index (χ2v) is 6.44. The van der Waals surface area contributed by atoms with E-state index < -0.39 is 0 Å². The molecule has 0 aromatic heterocycles. The number of rotatable bonds is 5. The standard InChI is InChI=1S/C17H27N/c1-13-8-7-9-16(12-13)15(3)18-14(2)10-11-17(4,5)6/h7-9,12,15,18H,2,10-11H2,1,3-6H3. The third-order valence-electron chi connectivity index (χ3n) is 3.14. The Balaban J connectivity index is 2.50. The summed E-state index contributed by atoms with van der Waals surface area (Å²) in [4.78, 5) is 0. The van der Waals surface area contributed by atoms with Gasteiger partial charge in [0.2, 0.25) is 0 Å². The fourth-order valence-corrected chi connectivity index (χ4v) is 1.93. The van der Waals surface area contributed by atoms with Crippen LogP contribution in [0.15, 0.2) is 36.5 Å². The lowest BCUT2D eigenvalue weighted by atomic mass is 9.90. The van der Waals surface area contributed by atoms with Crippen LogP contribution in [0.3, 0.4) is 0 Å². The van der Waals surface area contributed by atoms with Crippen LogP contribution in [0.4, 0.5) is 0 Å². The van der Waals surface area contributed by atoms with E-state index in [1.807, 2.05) is 0 Å². The summed E-state index contributed by atoms with van der Waals surface area (Å²) >= 11 is 0. The zero-order chi connectivity index (χ0) is 13.8. The van der Waals surface area contributed by atoms with E-state index in [2.05, 4.69) is 70.8 Å². The number of hydrogen-bond donors (Lipinski definition) is 1. The fraction of sp³-hybridized carbons (Fsp3) is 0.529. The maximum Gasteiger partial charge on any atom is 0.0482 e. The van der Waals surface area contributed by atoms with Crippen molar-refractivity contribution in [3.8, 4) is 0 Å². The van der Waals surface area contributed by atoms with Crippen molar-refractivity contribution in [1.82, 2.24) is 5.32 Å². The van der Waals surface area contributed by atoms with Gasteiger partial charge in [-0.05, 0) is 37.7 Å². The van der Waals surface area contributed by atoms with Crippen LogP contribution in [0.25, 0.3) is 0 Å². The maximum absolute atomic E-state index is 4.13. The predicted octanol–water partition coefficient (Wildman–Crippen LogP) is 4.99. The zero-order valence-corrected chi connectivity index (χ0v) is 12.5. The SMILES string of the molecule is C=C(CCC(C)(C)C)NC(C)c1cccc(C)c1. The third-order valence-corrected chi connectivity index (χ3v) is 3.14. The van der Waals surface area contributed by atoms with Crippen molar-refractivity contribution in [2.75, 3.05) is 0 Å². The summed E-state index contributed by atoms with van der Waals surface area (Å²) in [6.45, 7) is 15.3. The first kappa shape index (κ1) is 14.8. The lowest BCUT2D eigenvalue weighted by molar-refractivity contribution is 0.372. The Morgan fingerprint density at radius 1 is 1.33 bits per heavy atom. The van der Waals surface area contributed by atoms with Crippen LogP contribution < -0.4 is 5.32 Å². The first-order valence-corrected chi connectivity index (χ1v) is 6.79. The van der Waals surface area contributed by atoms with Gasteiger partial charge in [-0.25, -0.2) is 0 Å². The van der Waals surface area contributed by atoms with Crippen LogP contribution in [0.5, 0.6) is 0 Å². The van der Waals surface area contributed by atoms with E-state index >= 15 is 0 Å². The van der Waals surface area contributed by atoms with Crippen molar-refractivity contribution in [3.05, 3.63) is 47.7 Å². The van der Waals surface area contributed by atoms with Gasteiger partial charge in [-0.2, -0.15) is 0 Å². The quantitative estimate of drug-likeness (QED) is 0.771. The van der Waals surface area contributed by atoms with Gasteiger partial charge in [0.05, 0.1) is 0 Å². The van der Waals surface area contributed by atoms with Crippen molar-refractivity contribution in [2.45, 2.75) is 53.5 Å². The largest absolute Gasteiger partial charge is 0.382 e. The van der Waals surface area contributed by atoms with Gasteiger partial charge in [0.25, 0.3) is 0 Å². The van der Waals surface area contributed by atoms with E-state index in [4.69, 9.17) is 0 Å². The van der Waals surface area contributed by atoms with Gasteiger partial charge < -0.3 is 5.32 Å². The second kappa shape index (κ2) is 6.08. The molecule has 0 aliphatic carbocycles. The van der Waals surface area contributed by atoms with Crippen molar-refractivity contribution < 1.29 is 0 Å². The summed E-state index contributed by atoms with van der Waals surface area (Å²) in [5, 5.41) is 3.50. The molecule has 0 radical (unpaired) electrons. The Labute approximate surface area is 112 Å². The number of nitrogens with one attached hydrogen (secondary N) is 1. The molecule has 0 fully saturated rings. The molecule has 0 bridgehead atoms. The molecule has 0 aliphatic rings. The molecule has 18 heavy (non-hydrogen) atoms. The van der Waals surface area contributed by atoms with Crippen LogP contribution in [-0.4, -0.2) is 0 Å². The number of hydrogen-bond acceptors (Lipinski definition) is 1. The lowest BCUT2D eigenvalue weighted by Crippen LogP contribution is -2.18. The van der Waals surface area contributed by atoms with E-state index in [0.29, 0.717) is 11.5 Å². The first-order valence-electron chi connectivity index (χ1n) is 6.79. The summed E-state index contributed by atoms with van der Waals surface area (Å²) in [6, 6.07) is 8.97. The van der Waals surface area contributed by atoms with Crippen LogP contribution >= 0.6 is 0 Å². The molecule has 0 amide bonds. The molecule has 1 rings (SSSR count). The summed E-state index contributed by atoms with van der Waals surface area (Å²) in [5.74, 6) is 0. The highest BCUT2D eigenvalue weighted by Crippen LogP contribution is 2.23. The highest BCUT2D eigenvalue weighted by Gasteiger charge is 2.12. The Hall–Kier alpha value is -1.24. The van der Waals surface area contributed by atoms with E-state index in [-0.39, 0.29) is 0 Å². The van der Waals surface area contributed by atoms with Gasteiger partial charge in [0.15, 0.2) is 0 Å². The van der Waals surface area contributed by atoms with Crippen molar-refractivity contribution in [1.29, 1.82) is 0 Å². The van der Waals surface area contributed by atoms with Crippen LogP contribution in [-0.2, 0) is 0 Å². The van der Waals surface area contributed by atoms with Crippen LogP contribution in [0.2, 0.25) is 0 Å². The summed E-state index contributed by atoms with van der Waals surface area (Å²) in [5.41, 5.74) is 4.14. The van der Waals surface area contributed by atoms with Gasteiger partial charge in [0, 0.05) is 11.7 Å². The molecule has 0 aliphatic heterocycles. The Kier molecular flexibility index (Phi) is 5.01. The van der Waals surface area contributed by atoms with Crippen LogP contribution in [0.1, 0.15) is 57.7 Å². The average molecular weight is 245 g/mol. The molecule has 1 heteroatoms. The Bertz CT molecular complexity index is 398. The summed E-state index contributed by atoms with van der Waals surface area (Å²) < 4.78 is 0. The normalized spacial score (nSPS) is 13.2. The highest BCUT2D eigenvalue weighted by atomic mass is 14.9. The second-order valence-electron chi connectivity index (χ2n) is 6.44. The molecule has 1 N–H and O–H groups in total. The van der Waals surface area contributed by atoms with Crippen molar-refractivity contribution in [2.24, 2.45) is 5.41 Å². The molecule has 0 heterocycles. The van der Waals surface area contributed by atoms with E-state index in [1.165, 1.54) is 17.5 Å². The molecule has 1 nitrogen and oxygen atoms in total. The van der Waals surface area contributed by atoms with E-state index in [0.717, 1.165) is 12.1 Å². The molecular weight excluding hydrogens is 218 g/mol. The minimum absolute atomic E-state index is 0.331. The maximum atomic E-state index is 4.13. The predicted molar refractivity (Wildman–Crippen MR) is 80.6 cm³/mol. The molecule has 1 aromatic carbocycles. The molecule has 1 atom stereocenters. The third kappa shape index (κ3) is 5.39. The summed E-state index contributed by atoms with van der Waals surface area (Å²) in [6.07, 6.45) is 2.21. The topological polar surface area (TPSA) is 12.0 Å². The van der Waals surface area contributed by atoms with Crippen LogP contribution in [0, 0.1) is 12.3 Å². The van der Waals surface area contributed by atoms with Gasteiger partial charge in [-0.3, -0.25) is 0 Å². The molecule has 0 spiro atoms. The molecule has 1 unspecified atom stereocenters. The number of benzene rings is 1. The first-order chi connectivity index (χ1) is 8.28. The molecule has 0 saturated carbocycles. The van der Waals surface area contributed by atoms with Crippen molar-refractivity contribution >= 4 is 0 Å². The lowest BCUT2D eigenvalue weighted by Gasteiger charge is -2.22. The minimum atomic E-state index is 0.331. The van der Waals surface area contributed by atoms with Gasteiger partial charge in [-0.1, -0.05) is 57.2 Å². The zero-order valence-electron chi connectivity index (χ0n) is 12.5. The number of aryl methyl sites for hydroxylation is 1. The van der Waals surface area contributed by atoms with Gasteiger partial charge >= 0.3 is 0 Å². The highest BCUT2D eigenvalue weighted by molar-refractivity contribution is 5.25. The molecule has 1 aromatic rings. The van der Waals surface area contributed by atoms with Gasteiger partial charge in [-0.15, -0.1) is 0 Å². The van der Waals surface area contributed by atoms with Gasteiger partial charge in [0.1, 0.15) is 0 Å². The van der Waals surface area contributed by atoms with E-state index in [9.17, 15) is 0 Å². The van der Waals surface area contributed by atoms with E-state index in [1.54, 1.807) is 0 Å². The molecular formula is C17H27N. The molecule has 100 valence electrons. The summed E-state index contributed by atoms with van der Waals surface area (Å²) in [7, 11) is 0. The average Bonchev–Trinajstić information content (AvgIpc) is 2.25. The Morgan fingerprint density at radius 3 is 2.56 bits per heavy atom. The van der Waals surface area contributed by atoms with Crippen molar-refractivity contribution in [3.63, 3.8) is 0 Å². The Morgan fingerprint density at radius 2 is 2.00 bits per heavy atom. The fourth-order valence-electron chi connectivity index (χ4n) is 1.93. The monoisotopic (exact) mass is 245 g/mol. The smallest absolute Gasteiger partial charge is 0.0482 e. The number of allylic oxidation sites excluding steroid dienone is 1.